The molecule has 0 unspecified atom stereocenters. The molecule has 0 aromatic heterocycles. The average Bonchev–Trinajstić information content (AvgIpc) is 1.35. The Balaban J connectivity index is 2.83. The Hall–Kier alpha value is 0.0129. The molecule has 0 amide bonds. The molecule has 0 rings (SSSR count). The number of carboxylic acid groups (broad SMARTS) is 1. The fourth-order valence-corrected chi connectivity index (χ4v) is 0.786. The van der Waals surface area contributed by atoms with Crippen molar-refractivity contribution < 1.29 is 9.90 Å². The van der Waals surface area contributed by atoms with Crippen LogP contribution in [0.1, 0.15) is 6.42 Å². The molecule has 0 saturated carbocycles. The zero-order chi connectivity index (χ0) is 4.99. The second kappa shape index (κ2) is 3.21. The topological polar surface area (TPSA) is 37.3 Å². The summed E-state index contributed by atoms with van der Waals surface area (Å²) in [7, 11) is 0. The molecule has 0 heterocycles. The van der Waals surface area contributed by atoms with Gasteiger partial charge >= 0.3 is 44.1 Å². The minimum absolute atomic E-state index is 0.347. The summed E-state index contributed by atoms with van der Waals surface area (Å²) >= 11 is 1.09. The first kappa shape index (κ1) is 6.01. The molecule has 0 aliphatic heterocycles. The third kappa shape index (κ3) is 4.01. The Morgan fingerprint density at radius 2 is 2.33 bits per heavy atom. The quantitative estimate of drug-likeness (QED) is 0.536. The second-order valence-electron chi connectivity index (χ2n) is 0.997. The number of hydrogen-bond acceptors (Lipinski definition) is 1. The second-order valence-corrected chi connectivity index (χ2v) is 2.48. The van der Waals surface area contributed by atoms with Crippen molar-refractivity contribution >= 4 is 22.5 Å². The van der Waals surface area contributed by atoms with E-state index in [0.29, 0.717) is 6.42 Å². The van der Waals surface area contributed by atoms with Gasteiger partial charge in [-0.15, -0.1) is 0 Å². The summed E-state index contributed by atoms with van der Waals surface area (Å²) in [5, 5.41) is 8.79. The molecule has 0 aliphatic rings. The molecule has 1 radical (unpaired) electrons. The van der Waals surface area contributed by atoms with Gasteiger partial charge in [-0.25, -0.2) is 0 Å². The summed E-state index contributed by atoms with van der Waals surface area (Å²) in [5.41, 5.74) is 0. The van der Waals surface area contributed by atoms with Crippen LogP contribution in [0, 0.1) is 0 Å². The summed E-state index contributed by atoms with van der Waals surface area (Å²) in [4.78, 5) is 9.62. The molecular formula is C3H7GeO2. The maximum atomic E-state index is 9.62. The molecule has 0 atom stereocenters. The van der Waals surface area contributed by atoms with E-state index in [1.807, 2.05) is 0 Å². The summed E-state index contributed by atoms with van der Waals surface area (Å²) in [5.74, 6) is -0.679. The molecule has 0 bridgehead atoms. The molecule has 35 valence electrons. The van der Waals surface area contributed by atoms with Gasteiger partial charge in [0.2, 0.25) is 0 Å². The zero-order valence-corrected chi connectivity index (χ0v) is 6.44. The van der Waals surface area contributed by atoms with Crippen LogP contribution in [-0.2, 0) is 4.79 Å². The maximum absolute atomic E-state index is 9.62. The van der Waals surface area contributed by atoms with Crippen LogP contribution in [0.3, 0.4) is 0 Å². The number of hydrogen-bond donors (Lipinski definition) is 1. The van der Waals surface area contributed by atoms with Gasteiger partial charge in [0.1, 0.15) is 0 Å². The monoisotopic (exact) mass is 149 g/mol. The zero-order valence-electron chi connectivity index (χ0n) is 3.48. The summed E-state index contributed by atoms with van der Waals surface area (Å²) in [6.45, 7) is 0. The molecule has 3 heteroatoms. The van der Waals surface area contributed by atoms with E-state index in [1.54, 1.807) is 0 Å². The number of carbonyl (C=O) groups is 1. The van der Waals surface area contributed by atoms with Crippen molar-refractivity contribution in [3.63, 3.8) is 0 Å². The van der Waals surface area contributed by atoms with Crippen molar-refractivity contribution in [2.75, 3.05) is 0 Å². The van der Waals surface area contributed by atoms with E-state index in [4.69, 9.17) is 5.11 Å². The van der Waals surface area contributed by atoms with Crippen LogP contribution in [0.25, 0.3) is 0 Å². The van der Waals surface area contributed by atoms with E-state index < -0.39 is 5.97 Å². The fourth-order valence-electron chi connectivity index (χ4n) is 0.151. The van der Waals surface area contributed by atoms with Crippen LogP contribution in [0.4, 0.5) is 0 Å². The Morgan fingerprint density at radius 1 is 1.83 bits per heavy atom. The molecule has 0 saturated heterocycles. The normalized spacial score (nSPS) is 8.17. The van der Waals surface area contributed by atoms with Gasteiger partial charge in [-0.1, -0.05) is 0 Å². The summed E-state index contributed by atoms with van der Waals surface area (Å²) in [6, 6.07) is 0. The van der Waals surface area contributed by atoms with Crippen molar-refractivity contribution in [3.8, 4) is 0 Å². The van der Waals surface area contributed by atoms with Crippen molar-refractivity contribution in [3.05, 3.63) is 0 Å². The van der Waals surface area contributed by atoms with Crippen LogP contribution in [0.5, 0.6) is 0 Å². The van der Waals surface area contributed by atoms with Gasteiger partial charge in [0.15, 0.2) is 0 Å². The standard InChI is InChI=1S/C3H7GeO2/c4-2-1-3(5)6/h1-2,4H2,(H,5,6). The molecular weight excluding hydrogens is 141 g/mol. The van der Waals surface area contributed by atoms with Crippen LogP contribution in [0.2, 0.25) is 5.25 Å². The van der Waals surface area contributed by atoms with Gasteiger partial charge in [0.05, 0.1) is 0 Å². The summed E-state index contributed by atoms with van der Waals surface area (Å²) in [6.07, 6.45) is 0.347. The van der Waals surface area contributed by atoms with E-state index in [0.717, 1.165) is 21.8 Å². The molecule has 1 N–H and O–H groups in total. The molecule has 0 aromatic carbocycles. The predicted molar refractivity (Wildman–Crippen MR) is 25.6 cm³/mol. The first-order chi connectivity index (χ1) is 2.77. The minimum atomic E-state index is -0.679. The van der Waals surface area contributed by atoms with Gasteiger partial charge in [-0.3, -0.25) is 0 Å². The van der Waals surface area contributed by atoms with Crippen LogP contribution >= 0.6 is 0 Å². The van der Waals surface area contributed by atoms with Gasteiger partial charge in [0, 0.05) is 0 Å². The van der Waals surface area contributed by atoms with Crippen molar-refractivity contribution in [1.29, 1.82) is 0 Å². The molecule has 6 heavy (non-hydrogen) atoms. The third-order valence-corrected chi connectivity index (χ3v) is 1.13. The van der Waals surface area contributed by atoms with Crippen molar-refractivity contribution in [2.45, 2.75) is 11.7 Å². The Bertz CT molecular complexity index is 52.8. The van der Waals surface area contributed by atoms with Crippen LogP contribution in [0.15, 0.2) is 0 Å². The van der Waals surface area contributed by atoms with Gasteiger partial charge < -0.3 is 0 Å². The Morgan fingerprint density at radius 3 is 2.33 bits per heavy atom. The van der Waals surface area contributed by atoms with Crippen LogP contribution in [-0.4, -0.2) is 27.6 Å². The fraction of sp³-hybridized carbons (Fsp3) is 0.667. The van der Waals surface area contributed by atoms with E-state index in [9.17, 15) is 4.79 Å². The van der Waals surface area contributed by atoms with E-state index in [2.05, 4.69) is 0 Å². The van der Waals surface area contributed by atoms with E-state index >= 15 is 0 Å². The molecule has 0 aromatic rings. The molecule has 2 nitrogen and oxygen atoms in total. The third-order valence-electron chi connectivity index (χ3n) is 0.391. The number of rotatable bonds is 2. The predicted octanol–water partition coefficient (Wildman–Crippen LogP) is -0.487. The van der Waals surface area contributed by atoms with Crippen LogP contribution < -0.4 is 0 Å². The first-order valence-corrected chi connectivity index (χ1v) is 3.88. The number of aliphatic carboxylic acids is 1. The Kier molecular flexibility index (Phi) is 3.22. The van der Waals surface area contributed by atoms with Gasteiger partial charge in [0.25, 0.3) is 0 Å². The SMILES string of the molecule is O=C(O)C[CH2][GeH2]. The molecule has 0 spiro atoms. The first-order valence-electron chi connectivity index (χ1n) is 1.78. The molecule has 0 fully saturated rings. The summed E-state index contributed by atoms with van der Waals surface area (Å²) < 4.78 is 0. The van der Waals surface area contributed by atoms with Crippen molar-refractivity contribution in [2.24, 2.45) is 0 Å². The van der Waals surface area contributed by atoms with Gasteiger partial charge in [-0.2, -0.15) is 0 Å². The van der Waals surface area contributed by atoms with E-state index in [1.165, 1.54) is 0 Å². The van der Waals surface area contributed by atoms with Crippen molar-refractivity contribution in [1.82, 2.24) is 0 Å². The number of carboxylic acids is 1. The van der Waals surface area contributed by atoms with E-state index in [-0.39, 0.29) is 0 Å². The Labute approximate surface area is 44.8 Å². The average molecular weight is 148 g/mol. The molecule has 0 aliphatic carbocycles. The van der Waals surface area contributed by atoms with Gasteiger partial charge in [-0.05, 0) is 0 Å².